The lowest BCUT2D eigenvalue weighted by atomic mass is 9.99. The van der Waals surface area contributed by atoms with Crippen LogP contribution in [0.2, 0.25) is 0 Å². The average Bonchev–Trinajstić information content (AvgIpc) is 1.58. The van der Waals surface area contributed by atoms with Gasteiger partial charge in [-0.25, -0.2) is 0 Å². The Labute approximate surface area is 658 Å². The van der Waals surface area contributed by atoms with Crippen LogP contribution >= 0.6 is 0 Å². The van der Waals surface area contributed by atoms with Crippen LogP contribution in [0.25, 0.3) is 210 Å². The second-order valence-corrected chi connectivity index (χ2v) is 30.3. The van der Waals surface area contributed by atoms with Crippen molar-refractivity contribution < 1.29 is 4.42 Å². The van der Waals surface area contributed by atoms with Crippen molar-refractivity contribution in [3.63, 3.8) is 0 Å². The topological polar surface area (TPSA) is 32.9 Å². The van der Waals surface area contributed by atoms with Gasteiger partial charge in [-0.05, 0) is 235 Å². The van der Waals surface area contributed by atoms with Gasteiger partial charge in [0.15, 0.2) is 0 Å². The highest BCUT2D eigenvalue weighted by atomic mass is 16.3. The first-order valence-corrected chi connectivity index (χ1v) is 39.3. The SMILES string of the molecule is c1ccc(-c2ccc(-n3c4ccc(-c5ccc6c(c5)c5ccccc5n6-c5cccc(-c6ccccc6)c5)cc4c4cc5c(cc43)Cc3ccccc3-5)cc2)cc1.c1ccc(-c2ccc(-n3c4ccc(-c5ccc6c(c5)c5ccccc5n6-c5cccc(-c6ccccc6)c5)cc4c4cc5oc6ccccc6c5cc43)cc2)cc1. The van der Waals surface area contributed by atoms with Crippen molar-refractivity contribution in [2.75, 3.05) is 0 Å². The summed E-state index contributed by atoms with van der Waals surface area (Å²) in [5, 5.41) is 12.1. The standard InChI is InChI=1S/C55H36N2.C54H34N2O/c1-3-12-36(13-4-1)38-22-26-44(27-23-38)56-54-29-25-41(33-50(54)51-35-48-43(34-55(51)56)30-42-16-7-8-19-46(42)48)40-24-28-53-49(32-40)47-20-9-10-21-52(47)57(53)45-18-11-17-39(31-45)37-14-5-2-6-15-37;1-3-12-35(13-4-1)37-22-26-41(27-23-37)55-51-29-25-40(32-46(51)47-34-54-48(33-52(47)55)44-19-8-10-21-53(44)57-54)39-24-28-50-45(31-39)43-18-7-9-20-49(43)56(50)42-17-11-16-38(30-42)36-14-5-2-6-15-36/h1-29,31-35H,30H2;1-34H. The third kappa shape index (κ3) is 10.7. The minimum absolute atomic E-state index is 0.901. The maximum Gasteiger partial charge on any atom is 0.136 e. The van der Waals surface area contributed by atoms with E-state index in [1.54, 1.807) is 0 Å². The fraction of sp³-hybridized carbons (Fsp3) is 0.00917. The molecule has 24 rings (SSSR count). The third-order valence-electron chi connectivity index (χ3n) is 23.8. The highest BCUT2D eigenvalue weighted by molar-refractivity contribution is 6.19. The lowest BCUT2D eigenvalue weighted by Gasteiger charge is -2.11. The molecule has 0 amide bonds. The van der Waals surface area contributed by atoms with E-state index in [9.17, 15) is 0 Å². The van der Waals surface area contributed by atoms with Gasteiger partial charge in [-0.2, -0.15) is 0 Å². The van der Waals surface area contributed by atoms with Gasteiger partial charge >= 0.3 is 0 Å². The molecule has 0 N–H and O–H groups in total. The van der Waals surface area contributed by atoms with Crippen molar-refractivity contribution in [2.45, 2.75) is 6.42 Å². The van der Waals surface area contributed by atoms with E-state index in [4.69, 9.17) is 4.42 Å². The largest absolute Gasteiger partial charge is 0.456 e. The van der Waals surface area contributed by atoms with E-state index in [-0.39, 0.29) is 0 Å². The van der Waals surface area contributed by atoms with E-state index in [1.807, 2.05) is 6.07 Å². The monoisotopic (exact) mass is 1450 g/mol. The molecule has 114 heavy (non-hydrogen) atoms. The molecule has 0 unspecified atom stereocenters. The van der Waals surface area contributed by atoms with Gasteiger partial charge in [0.1, 0.15) is 11.2 Å². The zero-order valence-electron chi connectivity index (χ0n) is 62.2. The van der Waals surface area contributed by atoms with Crippen LogP contribution in [0.4, 0.5) is 0 Å². The third-order valence-corrected chi connectivity index (χ3v) is 23.8. The Hall–Kier alpha value is -15.0. The average molecular weight is 1450 g/mol. The summed E-state index contributed by atoms with van der Waals surface area (Å²) in [4.78, 5) is 0. The van der Waals surface area contributed by atoms with Crippen LogP contribution < -0.4 is 0 Å². The van der Waals surface area contributed by atoms with Gasteiger partial charge in [0.25, 0.3) is 0 Å². The molecule has 23 aromatic rings. The molecule has 5 heterocycles. The van der Waals surface area contributed by atoms with Crippen LogP contribution in [0.15, 0.2) is 417 Å². The molecule has 0 fully saturated rings. The van der Waals surface area contributed by atoms with Crippen LogP contribution in [0.5, 0.6) is 0 Å². The Kier molecular flexibility index (Phi) is 15.0. The second kappa shape index (κ2) is 26.3. The van der Waals surface area contributed by atoms with E-state index in [0.29, 0.717) is 0 Å². The summed E-state index contributed by atoms with van der Waals surface area (Å²) in [7, 11) is 0. The van der Waals surface area contributed by atoms with E-state index in [2.05, 4.69) is 425 Å². The number of nitrogens with zero attached hydrogens (tertiary/aromatic N) is 4. The molecule has 0 radical (unpaired) electrons. The number of para-hydroxylation sites is 3. The predicted molar refractivity (Wildman–Crippen MR) is 478 cm³/mol. The summed E-state index contributed by atoms with van der Waals surface area (Å²) in [6, 6.07) is 150. The Balaban J connectivity index is 0.000000135. The lowest BCUT2D eigenvalue weighted by Crippen LogP contribution is -1.95. The van der Waals surface area contributed by atoms with Crippen molar-refractivity contribution in [1.82, 2.24) is 18.3 Å². The van der Waals surface area contributed by atoms with Gasteiger partial charge < -0.3 is 22.7 Å². The molecule has 1 aliphatic rings. The van der Waals surface area contributed by atoms with Crippen molar-refractivity contribution in [3.8, 4) is 101 Å². The van der Waals surface area contributed by atoms with Crippen molar-refractivity contribution >= 4 is 109 Å². The summed E-state index contributed by atoms with van der Waals surface area (Å²) < 4.78 is 16.1. The van der Waals surface area contributed by atoms with Crippen LogP contribution in [0, 0.1) is 0 Å². The minimum atomic E-state index is 0.901. The predicted octanol–water partition coefficient (Wildman–Crippen LogP) is 29.2. The minimum Gasteiger partial charge on any atom is -0.456 e. The first-order valence-electron chi connectivity index (χ1n) is 39.3. The molecule has 0 spiro atoms. The van der Waals surface area contributed by atoms with Crippen LogP contribution in [-0.2, 0) is 6.42 Å². The van der Waals surface area contributed by atoms with E-state index >= 15 is 0 Å². The Morgan fingerprint density at radius 2 is 0.491 bits per heavy atom. The zero-order valence-corrected chi connectivity index (χ0v) is 62.2. The Morgan fingerprint density at radius 1 is 0.158 bits per heavy atom. The molecule has 18 aromatic carbocycles. The fourth-order valence-corrected chi connectivity index (χ4v) is 18.4. The van der Waals surface area contributed by atoms with Crippen LogP contribution in [0.3, 0.4) is 0 Å². The molecule has 0 bridgehead atoms. The summed E-state index contributed by atoms with van der Waals surface area (Å²) in [5.74, 6) is 0. The summed E-state index contributed by atoms with van der Waals surface area (Å²) in [5.41, 5.74) is 36.0. The zero-order chi connectivity index (χ0) is 74.9. The fourth-order valence-electron chi connectivity index (χ4n) is 18.4. The van der Waals surface area contributed by atoms with Gasteiger partial charge in [-0.3, -0.25) is 0 Å². The first-order chi connectivity index (χ1) is 56.5. The maximum absolute atomic E-state index is 6.45. The molecule has 0 saturated heterocycles. The first kappa shape index (κ1) is 64.9. The molecular formula is C109H70N4O. The number of hydrogen-bond acceptors (Lipinski definition) is 1. The van der Waals surface area contributed by atoms with E-state index < -0.39 is 0 Å². The number of furan rings is 1. The highest BCUT2D eigenvalue weighted by Gasteiger charge is 2.25. The number of aromatic nitrogens is 4. The molecule has 1 aliphatic carbocycles. The molecule has 5 nitrogen and oxygen atoms in total. The van der Waals surface area contributed by atoms with Gasteiger partial charge in [0, 0.05) is 76.6 Å². The molecular weight excluding hydrogens is 1380 g/mol. The highest BCUT2D eigenvalue weighted by Crippen LogP contribution is 2.47. The smallest absolute Gasteiger partial charge is 0.136 e. The number of rotatable bonds is 10. The van der Waals surface area contributed by atoms with E-state index in [0.717, 1.165) is 56.5 Å². The number of hydrogen-bond donors (Lipinski definition) is 0. The Morgan fingerprint density at radius 3 is 0.974 bits per heavy atom. The van der Waals surface area contributed by atoms with Gasteiger partial charge in [-0.1, -0.05) is 273 Å². The molecule has 0 atom stereocenters. The molecule has 0 aliphatic heterocycles. The quantitative estimate of drug-likeness (QED) is 0.134. The number of benzene rings is 18. The normalized spacial score (nSPS) is 12.0. The molecule has 5 aromatic heterocycles. The van der Waals surface area contributed by atoms with Crippen molar-refractivity contribution in [1.29, 1.82) is 0 Å². The molecule has 5 heteroatoms. The van der Waals surface area contributed by atoms with Gasteiger partial charge in [-0.15, -0.1) is 0 Å². The van der Waals surface area contributed by atoms with Crippen molar-refractivity contribution in [2.24, 2.45) is 0 Å². The second-order valence-electron chi connectivity index (χ2n) is 30.3. The van der Waals surface area contributed by atoms with Crippen molar-refractivity contribution in [3.05, 3.63) is 424 Å². The van der Waals surface area contributed by atoms with E-state index in [1.165, 1.54) is 171 Å². The van der Waals surface area contributed by atoms with Gasteiger partial charge in [0.2, 0.25) is 0 Å². The molecule has 532 valence electrons. The number of fused-ring (bicyclic) bond motifs is 18. The molecule has 0 saturated carbocycles. The van der Waals surface area contributed by atoms with Gasteiger partial charge in [0.05, 0.1) is 44.1 Å². The summed E-state index contributed by atoms with van der Waals surface area (Å²) in [6.07, 6.45) is 0.964. The summed E-state index contributed by atoms with van der Waals surface area (Å²) >= 11 is 0. The Bertz CT molecular complexity index is 7770. The lowest BCUT2D eigenvalue weighted by molar-refractivity contribution is 0.669. The van der Waals surface area contributed by atoms with Crippen LogP contribution in [0.1, 0.15) is 11.1 Å². The maximum atomic E-state index is 6.45. The summed E-state index contributed by atoms with van der Waals surface area (Å²) in [6.45, 7) is 0. The van der Waals surface area contributed by atoms with Crippen LogP contribution in [-0.4, -0.2) is 18.3 Å².